The second-order valence-corrected chi connectivity index (χ2v) is 7.90. The molecular weight excluding hydrogens is 232 g/mol. The molecule has 0 spiro atoms. The van der Waals surface area contributed by atoms with Gasteiger partial charge in [-0.1, -0.05) is 59.3 Å². The van der Waals surface area contributed by atoms with Gasteiger partial charge in [-0.05, 0) is 42.4 Å². The lowest BCUT2D eigenvalue weighted by atomic mass is 9.59. The van der Waals surface area contributed by atoms with Crippen LogP contribution >= 0.6 is 0 Å². The minimum absolute atomic E-state index is 0.0814. The Bertz CT molecular complexity index is 290. The van der Waals surface area contributed by atoms with Crippen LogP contribution in [-0.4, -0.2) is 5.66 Å². The molecule has 2 aliphatic rings. The van der Waals surface area contributed by atoms with E-state index in [2.05, 4.69) is 20.8 Å². The van der Waals surface area contributed by atoms with Crippen LogP contribution in [0.25, 0.3) is 0 Å². The molecule has 0 amide bonds. The summed E-state index contributed by atoms with van der Waals surface area (Å²) < 4.78 is 0. The van der Waals surface area contributed by atoms with Gasteiger partial charge in [0, 0.05) is 0 Å². The van der Waals surface area contributed by atoms with Crippen LogP contribution in [0, 0.1) is 23.2 Å². The van der Waals surface area contributed by atoms with E-state index in [1.807, 2.05) is 0 Å². The zero-order valence-corrected chi connectivity index (χ0v) is 13.3. The highest BCUT2D eigenvalue weighted by molar-refractivity contribution is 4.99. The summed E-state index contributed by atoms with van der Waals surface area (Å²) in [6, 6.07) is 0. The van der Waals surface area contributed by atoms with Crippen LogP contribution in [0.5, 0.6) is 0 Å². The highest BCUT2D eigenvalue weighted by Crippen LogP contribution is 2.48. The second-order valence-electron chi connectivity index (χ2n) is 7.90. The smallest absolute Gasteiger partial charge is 0.0689 e. The minimum Gasteiger partial charge on any atom is -0.313 e. The lowest BCUT2D eigenvalue weighted by molar-refractivity contribution is 0.0226. The summed E-state index contributed by atoms with van der Waals surface area (Å²) in [5.74, 6) is 2.74. The van der Waals surface area contributed by atoms with Crippen molar-refractivity contribution in [1.82, 2.24) is 0 Å². The SMILES string of the molecule is CCC(C1CCCCC1)C1CCC(N)(N)C(C)(C)C1. The third-order valence-corrected chi connectivity index (χ3v) is 6.29. The Hall–Kier alpha value is -0.0800. The molecular formula is C17H34N2. The van der Waals surface area contributed by atoms with E-state index in [1.54, 1.807) is 0 Å². The Balaban J connectivity index is 2.04. The Kier molecular flexibility index (Phi) is 4.62. The quantitative estimate of drug-likeness (QED) is 0.758. The summed E-state index contributed by atoms with van der Waals surface area (Å²) in [7, 11) is 0. The molecule has 4 N–H and O–H groups in total. The summed E-state index contributed by atoms with van der Waals surface area (Å²) in [6.07, 6.45) is 12.1. The second kappa shape index (κ2) is 5.73. The maximum Gasteiger partial charge on any atom is 0.0689 e. The van der Waals surface area contributed by atoms with Crippen LogP contribution in [0.15, 0.2) is 0 Å². The lowest BCUT2D eigenvalue weighted by Gasteiger charge is -2.51. The fourth-order valence-electron chi connectivity index (χ4n) is 4.69. The van der Waals surface area contributed by atoms with Crippen molar-refractivity contribution in [3.05, 3.63) is 0 Å². The predicted octanol–water partition coefficient (Wildman–Crippen LogP) is 4.03. The average molecular weight is 266 g/mol. The first-order valence-corrected chi connectivity index (χ1v) is 8.45. The zero-order valence-electron chi connectivity index (χ0n) is 13.3. The summed E-state index contributed by atoms with van der Waals surface area (Å²) in [5.41, 5.74) is 12.2. The minimum atomic E-state index is -0.464. The van der Waals surface area contributed by atoms with E-state index in [-0.39, 0.29) is 5.41 Å². The van der Waals surface area contributed by atoms with Crippen molar-refractivity contribution in [2.24, 2.45) is 34.6 Å². The molecule has 0 aromatic carbocycles. The summed E-state index contributed by atoms with van der Waals surface area (Å²) in [5, 5.41) is 0. The van der Waals surface area contributed by atoms with Crippen molar-refractivity contribution in [2.45, 2.75) is 84.2 Å². The number of hydrogen-bond donors (Lipinski definition) is 2. The summed E-state index contributed by atoms with van der Waals surface area (Å²) in [4.78, 5) is 0. The van der Waals surface area contributed by atoms with E-state index in [0.29, 0.717) is 0 Å². The molecule has 19 heavy (non-hydrogen) atoms. The maximum atomic E-state index is 6.32. The molecule has 2 atom stereocenters. The predicted molar refractivity (Wildman–Crippen MR) is 82.6 cm³/mol. The lowest BCUT2D eigenvalue weighted by Crippen LogP contribution is -2.63. The molecule has 0 aliphatic heterocycles. The first-order valence-electron chi connectivity index (χ1n) is 8.45. The highest BCUT2D eigenvalue weighted by atomic mass is 15.0. The molecule has 112 valence electrons. The highest BCUT2D eigenvalue weighted by Gasteiger charge is 2.46. The topological polar surface area (TPSA) is 52.0 Å². The van der Waals surface area contributed by atoms with Gasteiger partial charge < -0.3 is 11.5 Å². The molecule has 0 heterocycles. The fraction of sp³-hybridized carbons (Fsp3) is 1.00. The number of nitrogens with two attached hydrogens (primary N) is 2. The Morgan fingerprint density at radius 1 is 1.00 bits per heavy atom. The van der Waals surface area contributed by atoms with Gasteiger partial charge in [0.25, 0.3) is 0 Å². The van der Waals surface area contributed by atoms with Crippen LogP contribution in [0.3, 0.4) is 0 Å². The average Bonchev–Trinajstić information content (AvgIpc) is 2.36. The molecule has 2 unspecified atom stereocenters. The normalized spacial score (nSPS) is 33.0. The summed E-state index contributed by atoms with van der Waals surface area (Å²) >= 11 is 0. The van der Waals surface area contributed by atoms with Gasteiger partial charge >= 0.3 is 0 Å². The molecule has 2 fully saturated rings. The van der Waals surface area contributed by atoms with Crippen LogP contribution in [0.4, 0.5) is 0 Å². The molecule has 0 bridgehead atoms. The zero-order chi connectivity index (χ0) is 14.1. The van der Waals surface area contributed by atoms with Crippen LogP contribution < -0.4 is 11.5 Å². The monoisotopic (exact) mass is 266 g/mol. The van der Waals surface area contributed by atoms with Crippen LogP contribution in [0.2, 0.25) is 0 Å². The van der Waals surface area contributed by atoms with Gasteiger partial charge in [0.1, 0.15) is 0 Å². The van der Waals surface area contributed by atoms with Crippen molar-refractivity contribution in [1.29, 1.82) is 0 Å². The first kappa shape index (κ1) is 15.3. The maximum absolute atomic E-state index is 6.32. The van der Waals surface area contributed by atoms with Gasteiger partial charge in [-0.2, -0.15) is 0 Å². The number of rotatable bonds is 3. The van der Waals surface area contributed by atoms with Crippen molar-refractivity contribution < 1.29 is 0 Å². The molecule has 2 aliphatic carbocycles. The van der Waals surface area contributed by atoms with E-state index in [4.69, 9.17) is 11.5 Å². The van der Waals surface area contributed by atoms with Gasteiger partial charge in [0.2, 0.25) is 0 Å². The van der Waals surface area contributed by atoms with Crippen molar-refractivity contribution in [3.8, 4) is 0 Å². The van der Waals surface area contributed by atoms with E-state index in [9.17, 15) is 0 Å². The van der Waals surface area contributed by atoms with E-state index < -0.39 is 5.66 Å². The molecule has 0 radical (unpaired) electrons. The first-order chi connectivity index (χ1) is 8.87. The van der Waals surface area contributed by atoms with Gasteiger partial charge in [-0.15, -0.1) is 0 Å². The van der Waals surface area contributed by atoms with Crippen molar-refractivity contribution in [2.75, 3.05) is 0 Å². The molecule has 2 heteroatoms. The third kappa shape index (κ3) is 3.16. The van der Waals surface area contributed by atoms with E-state index >= 15 is 0 Å². The Labute approximate surface area is 119 Å². The Morgan fingerprint density at radius 3 is 2.16 bits per heavy atom. The van der Waals surface area contributed by atoms with Crippen LogP contribution in [0.1, 0.15) is 78.6 Å². The van der Waals surface area contributed by atoms with Crippen molar-refractivity contribution in [3.63, 3.8) is 0 Å². The molecule has 2 rings (SSSR count). The molecule has 2 nitrogen and oxygen atoms in total. The third-order valence-electron chi connectivity index (χ3n) is 6.29. The van der Waals surface area contributed by atoms with E-state index in [0.717, 1.165) is 24.2 Å². The summed E-state index contributed by atoms with van der Waals surface area (Å²) in [6.45, 7) is 6.93. The van der Waals surface area contributed by atoms with E-state index in [1.165, 1.54) is 51.4 Å². The van der Waals surface area contributed by atoms with Crippen LogP contribution in [-0.2, 0) is 0 Å². The largest absolute Gasteiger partial charge is 0.313 e. The molecule has 0 aromatic rings. The molecule has 0 saturated heterocycles. The Morgan fingerprint density at radius 2 is 1.63 bits per heavy atom. The van der Waals surface area contributed by atoms with Gasteiger partial charge in [0.15, 0.2) is 0 Å². The number of hydrogen-bond acceptors (Lipinski definition) is 2. The van der Waals surface area contributed by atoms with Gasteiger partial charge in [-0.25, -0.2) is 0 Å². The van der Waals surface area contributed by atoms with Crippen molar-refractivity contribution >= 4 is 0 Å². The molecule has 0 aromatic heterocycles. The fourth-order valence-corrected chi connectivity index (χ4v) is 4.69. The standard InChI is InChI=1S/C17H34N2/c1-4-15(13-8-6-5-7-9-13)14-10-11-17(18,19)16(2,3)12-14/h13-15H,4-12,18-19H2,1-3H3. The molecule has 2 saturated carbocycles. The van der Waals surface area contributed by atoms with Gasteiger partial charge in [-0.3, -0.25) is 0 Å². The van der Waals surface area contributed by atoms with Gasteiger partial charge in [0.05, 0.1) is 5.66 Å².